The van der Waals surface area contributed by atoms with Gasteiger partial charge < -0.3 is 10.6 Å². The van der Waals surface area contributed by atoms with Crippen LogP contribution < -0.4 is 10.6 Å². The first-order valence-corrected chi connectivity index (χ1v) is 6.28. The van der Waals surface area contributed by atoms with E-state index < -0.39 is 4.92 Å². The fourth-order valence-corrected chi connectivity index (χ4v) is 2.10. The molecule has 2 rings (SSSR count). The van der Waals surface area contributed by atoms with E-state index in [0.29, 0.717) is 6.54 Å². The predicted octanol–water partition coefficient (Wildman–Crippen LogP) is 3.04. The number of hydrogen-bond acceptors (Lipinski definition) is 5. The van der Waals surface area contributed by atoms with Gasteiger partial charge in [0.15, 0.2) is 0 Å². The molecule has 2 aromatic rings. The molecule has 1 aromatic heterocycles. The second-order valence-electron chi connectivity index (χ2n) is 4.37. The number of aromatic nitrogens is 1. The van der Waals surface area contributed by atoms with Crippen LogP contribution in [0, 0.1) is 17.0 Å². The summed E-state index contributed by atoms with van der Waals surface area (Å²) in [6.45, 7) is 4.43. The van der Waals surface area contributed by atoms with Crippen LogP contribution in [-0.2, 0) is 0 Å². The van der Waals surface area contributed by atoms with Crippen molar-refractivity contribution in [1.29, 1.82) is 0 Å². The Hall–Kier alpha value is -2.63. The molecule has 0 spiro atoms. The molecule has 6 heteroatoms. The van der Waals surface area contributed by atoms with Gasteiger partial charge in [-0.25, -0.2) is 4.98 Å². The number of nitro groups is 1. The molecule has 0 saturated carbocycles. The Morgan fingerprint density at radius 3 is 2.60 bits per heavy atom. The average molecular weight is 272 g/mol. The number of rotatable bonds is 4. The van der Waals surface area contributed by atoms with E-state index in [1.807, 2.05) is 38.1 Å². The van der Waals surface area contributed by atoms with Gasteiger partial charge in [-0.05, 0) is 31.5 Å². The van der Waals surface area contributed by atoms with Gasteiger partial charge in [-0.3, -0.25) is 10.1 Å². The van der Waals surface area contributed by atoms with E-state index >= 15 is 0 Å². The molecular weight excluding hydrogens is 256 g/mol. The fraction of sp³-hybridized carbons (Fsp3) is 0.214. The van der Waals surface area contributed by atoms with Gasteiger partial charge in [-0.2, -0.15) is 0 Å². The number of hydrogen-bond donors (Lipinski definition) is 1. The van der Waals surface area contributed by atoms with Gasteiger partial charge >= 0.3 is 5.69 Å². The predicted molar refractivity (Wildman–Crippen MR) is 79.2 cm³/mol. The van der Waals surface area contributed by atoms with Gasteiger partial charge in [-0.15, -0.1) is 0 Å². The molecule has 0 radical (unpaired) electrons. The molecule has 0 unspecified atom stereocenters. The molecule has 20 heavy (non-hydrogen) atoms. The zero-order chi connectivity index (χ0) is 14.7. The highest BCUT2D eigenvalue weighted by atomic mass is 16.6. The molecule has 0 atom stereocenters. The van der Waals surface area contributed by atoms with Crippen LogP contribution in [0.15, 0.2) is 36.4 Å². The topological polar surface area (TPSA) is 85.3 Å². The summed E-state index contributed by atoms with van der Waals surface area (Å²) >= 11 is 0. The summed E-state index contributed by atoms with van der Waals surface area (Å²) in [7, 11) is 0. The van der Waals surface area contributed by atoms with Crippen LogP contribution in [0.4, 0.5) is 23.0 Å². The Bertz CT molecular complexity index is 643. The molecule has 6 nitrogen and oxygen atoms in total. The highest BCUT2D eigenvalue weighted by molar-refractivity contribution is 5.71. The lowest BCUT2D eigenvalue weighted by Crippen LogP contribution is -2.20. The van der Waals surface area contributed by atoms with Gasteiger partial charge in [0.1, 0.15) is 5.82 Å². The van der Waals surface area contributed by atoms with Crippen molar-refractivity contribution in [3.63, 3.8) is 0 Å². The number of nitrogens with two attached hydrogens (primary N) is 1. The van der Waals surface area contributed by atoms with Crippen molar-refractivity contribution in [2.45, 2.75) is 13.8 Å². The Morgan fingerprint density at radius 1 is 1.30 bits per heavy atom. The molecule has 0 saturated heterocycles. The van der Waals surface area contributed by atoms with E-state index in [-0.39, 0.29) is 17.3 Å². The lowest BCUT2D eigenvalue weighted by atomic mass is 10.1. The molecule has 0 amide bonds. The van der Waals surface area contributed by atoms with Crippen LogP contribution in [0.1, 0.15) is 12.5 Å². The Morgan fingerprint density at radius 2 is 2.00 bits per heavy atom. The maximum atomic E-state index is 11.2. The number of nitrogen functional groups attached to an aromatic ring is 1. The summed E-state index contributed by atoms with van der Waals surface area (Å²) in [5, 5.41) is 11.2. The largest absolute Gasteiger partial charge is 0.384 e. The lowest BCUT2D eigenvalue weighted by molar-refractivity contribution is -0.384. The van der Waals surface area contributed by atoms with E-state index in [2.05, 4.69) is 4.98 Å². The highest BCUT2D eigenvalue weighted by Crippen LogP contribution is 2.33. The van der Waals surface area contributed by atoms with Crippen molar-refractivity contribution in [2.75, 3.05) is 17.2 Å². The molecular formula is C14H16N4O2. The minimum atomic E-state index is -0.442. The maximum Gasteiger partial charge on any atom is 0.312 e. The van der Waals surface area contributed by atoms with E-state index in [1.165, 1.54) is 12.1 Å². The van der Waals surface area contributed by atoms with E-state index in [0.717, 1.165) is 11.3 Å². The molecule has 0 bridgehead atoms. The minimum Gasteiger partial charge on any atom is -0.384 e. The first-order chi connectivity index (χ1) is 9.54. The van der Waals surface area contributed by atoms with E-state index in [1.54, 1.807) is 4.90 Å². The van der Waals surface area contributed by atoms with Crippen LogP contribution in [0.5, 0.6) is 0 Å². The number of para-hydroxylation sites is 1. The Kier molecular flexibility index (Phi) is 3.84. The van der Waals surface area contributed by atoms with Crippen molar-refractivity contribution in [1.82, 2.24) is 4.98 Å². The average Bonchev–Trinajstić information content (AvgIpc) is 2.41. The molecule has 104 valence electrons. The summed E-state index contributed by atoms with van der Waals surface area (Å²) in [6, 6.07) is 10.5. The second-order valence-corrected chi connectivity index (χ2v) is 4.37. The second kappa shape index (κ2) is 5.56. The number of pyridine rings is 1. The van der Waals surface area contributed by atoms with Crippen molar-refractivity contribution in [3.8, 4) is 0 Å². The van der Waals surface area contributed by atoms with Crippen LogP contribution in [0.2, 0.25) is 0 Å². The molecule has 1 aromatic carbocycles. The Balaban J connectivity index is 2.60. The highest BCUT2D eigenvalue weighted by Gasteiger charge is 2.22. The smallest absolute Gasteiger partial charge is 0.312 e. The van der Waals surface area contributed by atoms with Crippen LogP contribution in [-0.4, -0.2) is 16.5 Å². The summed E-state index contributed by atoms with van der Waals surface area (Å²) in [5.41, 5.74) is 7.53. The molecule has 0 aliphatic rings. The minimum absolute atomic E-state index is 0.0516. The van der Waals surface area contributed by atoms with Gasteiger partial charge in [0, 0.05) is 18.3 Å². The summed E-state index contributed by atoms with van der Waals surface area (Å²) in [6.07, 6.45) is 0. The normalized spacial score (nSPS) is 10.3. The van der Waals surface area contributed by atoms with E-state index in [9.17, 15) is 10.1 Å². The number of benzene rings is 1. The van der Waals surface area contributed by atoms with Gasteiger partial charge in [0.05, 0.1) is 4.92 Å². The third-order valence-electron chi connectivity index (χ3n) is 3.05. The Labute approximate surface area is 117 Å². The first kappa shape index (κ1) is 13.8. The first-order valence-electron chi connectivity index (χ1n) is 6.28. The standard InChI is InChI=1S/C14H16N4O2/c1-3-17(11-7-5-4-6-10(11)2)14-12(18(19)20)8-9-13(15)16-14/h4-9H,3H2,1-2H3,(H2,15,16). The van der Waals surface area contributed by atoms with Crippen molar-refractivity contribution >= 4 is 23.0 Å². The monoisotopic (exact) mass is 272 g/mol. The maximum absolute atomic E-state index is 11.2. The molecule has 0 aliphatic carbocycles. The van der Waals surface area contributed by atoms with Gasteiger partial charge in [0.25, 0.3) is 0 Å². The quantitative estimate of drug-likeness (QED) is 0.683. The zero-order valence-electron chi connectivity index (χ0n) is 11.4. The van der Waals surface area contributed by atoms with Gasteiger partial charge in [-0.1, -0.05) is 18.2 Å². The number of anilines is 3. The lowest BCUT2D eigenvalue weighted by Gasteiger charge is -2.23. The molecule has 1 heterocycles. The fourth-order valence-electron chi connectivity index (χ4n) is 2.10. The van der Waals surface area contributed by atoms with Crippen molar-refractivity contribution in [3.05, 3.63) is 52.1 Å². The van der Waals surface area contributed by atoms with E-state index in [4.69, 9.17) is 5.73 Å². The van der Waals surface area contributed by atoms with Crippen molar-refractivity contribution in [2.24, 2.45) is 0 Å². The van der Waals surface area contributed by atoms with Crippen LogP contribution >= 0.6 is 0 Å². The third kappa shape index (κ3) is 2.54. The molecule has 2 N–H and O–H groups in total. The summed E-state index contributed by atoms with van der Waals surface area (Å²) in [4.78, 5) is 16.7. The van der Waals surface area contributed by atoms with Crippen LogP contribution in [0.25, 0.3) is 0 Å². The van der Waals surface area contributed by atoms with Gasteiger partial charge in [0.2, 0.25) is 5.82 Å². The molecule has 0 fully saturated rings. The number of aryl methyl sites for hydroxylation is 1. The SMILES string of the molecule is CCN(c1ccccc1C)c1nc(N)ccc1[N+](=O)[O-]. The van der Waals surface area contributed by atoms with Crippen LogP contribution in [0.3, 0.4) is 0 Å². The summed E-state index contributed by atoms with van der Waals surface area (Å²) < 4.78 is 0. The van der Waals surface area contributed by atoms with Crippen molar-refractivity contribution < 1.29 is 4.92 Å². The molecule has 0 aliphatic heterocycles. The summed E-state index contributed by atoms with van der Waals surface area (Å²) in [5.74, 6) is 0.532. The third-order valence-corrected chi connectivity index (χ3v) is 3.05. The zero-order valence-corrected chi connectivity index (χ0v) is 11.4. The number of nitrogens with zero attached hydrogens (tertiary/aromatic N) is 3.